The second-order valence-electron chi connectivity index (χ2n) is 7.37. The molecule has 26 heavy (non-hydrogen) atoms. The van der Waals surface area contributed by atoms with Gasteiger partial charge in [-0.25, -0.2) is 0 Å². The number of ether oxygens (including phenoxy) is 2. The molecule has 0 spiro atoms. The van der Waals surface area contributed by atoms with Crippen LogP contribution in [0.5, 0.6) is 5.75 Å². The first kappa shape index (κ1) is 19.0. The number of carbonyl (C=O) groups is 1. The van der Waals surface area contributed by atoms with Crippen LogP contribution in [-0.2, 0) is 9.53 Å². The van der Waals surface area contributed by atoms with Crippen LogP contribution >= 0.6 is 0 Å². The molecule has 2 saturated heterocycles. The van der Waals surface area contributed by atoms with E-state index in [9.17, 15) is 4.79 Å². The van der Waals surface area contributed by atoms with Gasteiger partial charge >= 0.3 is 0 Å². The van der Waals surface area contributed by atoms with Crippen LogP contribution in [0.15, 0.2) is 24.3 Å². The lowest BCUT2D eigenvalue weighted by Gasteiger charge is -2.42. The Hall–Kier alpha value is -1.79. The number of morpholine rings is 1. The fourth-order valence-electron chi connectivity index (χ4n) is 4.02. The van der Waals surface area contributed by atoms with Gasteiger partial charge in [0.25, 0.3) is 0 Å². The van der Waals surface area contributed by atoms with Crippen LogP contribution in [0.2, 0.25) is 0 Å². The average Bonchev–Trinajstić information content (AvgIpc) is 2.66. The highest BCUT2D eigenvalue weighted by Gasteiger charge is 2.32. The molecule has 3 rings (SSSR count). The summed E-state index contributed by atoms with van der Waals surface area (Å²) in [6.07, 6.45) is 0.217. The Labute approximate surface area is 156 Å². The van der Waals surface area contributed by atoms with Crippen LogP contribution in [0.3, 0.4) is 0 Å². The molecular formula is C20H31N3O3. The summed E-state index contributed by atoms with van der Waals surface area (Å²) in [5, 5.41) is 0. The molecule has 0 saturated carbocycles. The maximum Gasteiger partial charge on any atom is 0.239 e. The van der Waals surface area contributed by atoms with Crippen LogP contribution < -0.4 is 9.64 Å². The largest absolute Gasteiger partial charge is 0.495 e. The normalized spacial score (nSPS) is 25.8. The lowest BCUT2D eigenvalue weighted by molar-refractivity contribution is -0.148. The number of methoxy groups -OCH3 is 1. The molecule has 2 fully saturated rings. The summed E-state index contributed by atoms with van der Waals surface area (Å²) in [7, 11) is 1.71. The standard InChI is InChI=1S/C20H31N3O3/c1-15-13-23(14-16(2)26-15)20(24)17(3)21-9-11-22(12-10-21)18-7-5-6-8-19(18)25-4/h5-8,15-17H,9-14H2,1-4H3/t15-,16-,17-/m1/s1. The molecule has 0 aromatic heterocycles. The van der Waals surface area contributed by atoms with Gasteiger partial charge in [-0.15, -0.1) is 0 Å². The Morgan fingerprint density at radius 1 is 1.12 bits per heavy atom. The Bertz CT molecular complexity index is 606. The topological polar surface area (TPSA) is 45.2 Å². The lowest BCUT2D eigenvalue weighted by Crippen LogP contribution is -2.57. The fourth-order valence-corrected chi connectivity index (χ4v) is 4.02. The molecule has 6 nitrogen and oxygen atoms in total. The number of benzene rings is 1. The Kier molecular flexibility index (Phi) is 6.04. The SMILES string of the molecule is COc1ccccc1N1CCN([C@H](C)C(=O)N2C[C@@H](C)O[C@H](C)C2)CC1. The van der Waals surface area contributed by atoms with Gasteiger partial charge in [0.05, 0.1) is 31.0 Å². The quantitative estimate of drug-likeness (QED) is 0.819. The molecule has 1 aromatic rings. The molecule has 0 bridgehead atoms. The zero-order chi connectivity index (χ0) is 18.7. The first-order valence-corrected chi connectivity index (χ1v) is 9.56. The van der Waals surface area contributed by atoms with Crippen LogP contribution in [0.4, 0.5) is 5.69 Å². The van der Waals surface area contributed by atoms with Gasteiger partial charge in [0.2, 0.25) is 5.91 Å². The number of hydrogen-bond donors (Lipinski definition) is 0. The molecule has 2 aliphatic rings. The van der Waals surface area contributed by atoms with Crippen LogP contribution in [0, 0.1) is 0 Å². The van der Waals surface area contributed by atoms with Gasteiger partial charge in [0, 0.05) is 39.3 Å². The van der Waals surface area contributed by atoms with Crippen molar-refractivity contribution < 1.29 is 14.3 Å². The first-order valence-electron chi connectivity index (χ1n) is 9.56. The van der Waals surface area contributed by atoms with Crippen molar-refractivity contribution in [3.8, 4) is 5.75 Å². The van der Waals surface area contributed by atoms with E-state index in [1.165, 1.54) is 0 Å². The number of piperazine rings is 1. The van der Waals surface area contributed by atoms with E-state index in [0.29, 0.717) is 13.1 Å². The third kappa shape index (κ3) is 4.13. The van der Waals surface area contributed by atoms with Crippen molar-refractivity contribution in [2.24, 2.45) is 0 Å². The van der Waals surface area contributed by atoms with Crippen LogP contribution in [-0.4, -0.2) is 80.3 Å². The van der Waals surface area contributed by atoms with Crippen molar-refractivity contribution in [1.82, 2.24) is 9.80 Å². The Balaban J connectivity index is 1.58. The van der Waals surface area contributed by atoms with E-state index in [1.807, 2.05) is 43.9 Å². The second-order valence-corrected chi connectivity index (χ2v) is 7.37. The summed E-state index contributed by atoms with van der Waals surface area (Å²) in [4.78, 5) is 19.5. The van der Waals surface area contributed by atoms with E-state index in [1.54, 1.807) is 7.11 Å². The molecule has 1 aromatic carbocycles. The molecule has 6 heteroatoms. The molecule has 144 valence electrons. The van der Waals surface area contributed by atoms with Crippen LogP contribution in [0.1, 0.15) is 20.8 Å². The summed E-state index contributed by atoms with van der Waals surface area (Å²) >= 11 is 0. The highest BCUT2D eigenvalue weighted by atomic mass is 16.5. The molecule has 3 atom stereocenters. The monoisotopic (exact) mass is 361 g/mol. The minimum Gasteiger partial charge on any atom is -0.495 e. The lowest BCUT2D eigenvalue weighted by atomic mass is 10.1. The summed E-state index contributed by atoms with van der Waals surface area (Å²) in [6.45, 7) is 11.0. The zero-order valence-corrected chi connectivity index (χ0v) is 16.4. The number of anilines is 1. The minimum atomic E-state index is -0.0904. The van der Waals surface area contributed by atoms with E-state index in [4.69, 9.17) is 9.47 Å². The van der Waals surface area contributed by atoms with Crippen molar-refractivity contribution in [3.05, 3.63) is 24.3 Å². The Morgan fingerprint density at radius 3 is 2.35 bits per heavy atom. The summed E-state index contributed by atoms with van der Waals surface area (Å²) in [6, 6.07) is 8.03. The summed E-state index contributed by atoms with van der Waals surface area (Å²) in [5.74, 6) is 1.12. The van der Waals surface area contributed by atoms with Gasteiger partial charge in [0.15, 0.2) is 0 Å². The van der Waals surface area contributed by atoms with E-state index in [0.717, 1.165) is 37.6 Å². The summed E-state index contributed by atoms with van der Waals surface area (Å²) in [5.41, 5.74) is 1.13. The van der Waals surface area contributed by atoms with E-state index < -0.39 is 0 Å². The number of rotatable bonds is 4. The summed E-state index contributed by atoms with van der Waals surface area (Å²) < 4.78 is 11.2. The highest BCUT2D eigenvalue weighted by molar-refractivity contribution is 5.81. The van der Waals surface area contributed by atoms with Gasteiger partial charge in [-0.05, 0) is 32.9 Å². The smallest absolute Gasteiger partial charge is 0.239 e. The molecule has 0 aliphatic carbocycles. The zero-order valence-electron chi connectivity index (χ0n) is 16.4. The predicted octanol–water partition coefficient (Wildman–Crippen LogP) is 1.84. The molecule has 0 radical (unpaired) electrons. The van der Waals surface area contributed by atoms with Gasteiger partial charge in [-0.2, -0.15) is 0 Å². The van der Waals surface area contributed by atoms with Gasteiger partial charge in [0.1, 0.15) is 5.75 Å². The predicted molar refractivity (Wildman–Crippen MR) is 103 cm³/mol. The fraction of sp³-hybridized carbons (Fsp3) is 0.650. The van der Waals surface area contributed by atoms with Crippen molar-refractivity contribution in [3.63, 3.8) is 0 Å². The Morgan fingerprint density at radius 2 is 1.73 bits per heavy atom. The average molecular weight is 361 g/mol. The molecular weight excluding hydrogens is 330 g/mol. The van der Waals surface area contributed by atoms with E-state index in [-0.39, 0.29) is 24.2 Å². The maximum absolute atomic E-state index is 12.9. The number of carbonyl (C=O) groups excluding carboxylic acids is 1. The van der Waals surface area contributed by atoms with Crippen molar-refractivity contribution in [2.45, 2.75) is 39.0 Å². The number of hydrogen-bond acceptors (Lipinski definition) is 5. The third-order valence-electron chi connectivity index (χ3n) is 5.38. The van der Waals surface area contributed by atoms with Crippen LogP contribution in [0.25, 0.3) is 0 Å². The molecule has 0 unspecified atom stereocenters. The van der Waals surface area contributed by atoms with Crippen molar-refractivity contribution >= 4 is 11.6 Å². The first-order chi connectivity index (χ1) is 12.5. The number of amides is 1. The minimum absolute atomic E-state index is 0.0904. The van der Waals surface area contributed by atoms with Gasteiger partial charge in [-0.3, -0.25) is 9.69 Å². The second kappa shape index (κ2) is 8.27. The van der Waals surface area contributed by atoms with Crippen molar-refractivity contribution in [1.29, 1.82) is 0 Å². The van der Waals surface area contributed by atoms with Crippen molar-refractivity contribution in [2.75, 3.05) is 51.3 Å². The maximum atomic E-state index is 12.9. The molecule has 2 heterocycles. The molecule has 2 aliphatic heterocycles. The number of nitrogens with zero attached hydrogens (tertiary/aromatic N) is 3. The van der Waals surface area contributed by atoms with E-state index >= 15 is 0 Å². The van der Waals surface area contributed by atoms with Gasteiger partial charge in [-0.1, -0.05) is 12.1 Å². The molecule has 1 amide bonds. The van der Waals surface area contributed by atoms with E-state index in [2.05, 4.69) is 15.9 Å². The molecule has 0 N–H and O–H groups in total. The number of para-hydroxylation sites is 2. The highest BCUT2D eigenvalue weighted by Crippen LogP contribution is 2.28. The van der Waals surface area contributed by atoms with Gasteiger partial charge < -0.3 is 19.3 Å². The third-order valence-corrected chi connectivity index (χ3v) is 5.38.